The van der Waals surface area contributed by atoms with Gasteiger partial charge in [0.1, 0.15) is 5.84 Å². The minimum absolute atomic E-state index is 0.0486. The smallest absolute Gasteiger partial charge is 0.259 e. The van der Waals surface area contributed by atoms with Crippen LogP contribution in [0.3, 0.4) is 0 Å². The Morgan fingerprint density at radius 3 is 2.76 bits per heavy atom. The summed E-state index contributed by atoms with van der Waals surface area (Å²) in [5.74, 6) is 0.634. The van der Waals surface area contributed by atoms with Crippen molar-refractivity contribution in [2.45, 2.75) is 0 Å². The number of nitrogens with zero attached hydrogens (tertiary/aromatic N) is 2. The monoisotopic (exact) mass is 362 g/mol. The fourth-order valence-electron chi connectivity index (χ4n) is 2.30. The molecule has 0 spiro atoms. The number of benzene rings is 2. The molecule has 1 amide bonds. The van der Waals surface area contributed by atoms with Gasteiger partial charge in [-0.2, -0.15) is 0 Å². The second kappa shape index (κ2) is 6.00. The molecule has 0 N–H and O–H groups in total. The average molecular weight is 364 g/mol. The molecule has 2 aromatic rings. The highest BCUT2D eigenvalue weighted by Crippen LogP contribution is 2.19. The van der Waals surface area contributed by atoms with Crippen molar-refractivity contribution < 1.29 is 4.79 Å². The second-order valence-electron chi connectivity index (χ2n) is 4.68. The lowest BCUT2D eigenvalue weighted by atomic mass is 10.1. The summed E-state index contributed by atoms with van der Waals surface area (Å²) in [6, 6.07) is 14.8. The predicted molar refractivity (Wildman–Crippen MR) is 88.0 cm³/mol. The van der Waals surface area contributed by atoms with E-state index in [1.54, 1.807) is 17.0 Å². The van der Waals surface area contributed by atoms with Crippen LogP contribution in [0.2, 0.25) is 5.02 Å². The SMILES string of the molecule is O=C(c1cccc(Br)c1)N1CCN=C1c1cccc(Cl)c1. The van der Waals surface area contributed by atoms with Crippen molar-refractivity contribution in [3.05, 3.63) is 69.2 Å². The van der Waals surface area contributed by atoms with Crippen molar-refractivity contribution in [3.63, 3.8) is 0 Å². The maximum Gasteiger partial charge on any atom is 0.259 e. The molecule has 1 heterocycles. The van der Waals surface area contributed by atoms with E-state index in [1.807, 2.05) is 36.4 Å². The summed E-state index contributed by atoms with van der Waals surface area (Å²) in [7, 11) is 0. The van der Waals surface area contributed by atoms with Crippen molar-refractivity contribution in [1.82, 2.24) is 4.90 Å². The van der Waals surface area contributed by atoms with Gasteiger partial charge in [-0.1, -0.05) is 45.7 Å². The van der Waals surface area contributed by atoms with Crippen LogP contribution in [0.1, 0.15) is 15.9 Å². The van der Waals surface area contributed by atoms with Crippen LogP contribution >= 0.6 is 27.5 Å². The first-order valence-electron chi connectivity index (χ1n) is 6.53. The Bertz CT molecular complexity index is 730. The first-order valence-corrected chi connectivity index (χ1v) is 7.70. The Balaban J connectivity index is 1.92. The third-order valence-corrected chi connectivity index (χ3v) is 3.97. The van der Waals surface area contributed by atoms with Gasteiger partial charge < -0.3 is 0 Å². The lowest BCUT2D eigenvalue weighted by molar-refractivity contribution is 0.0858. The molecule has 0 fully saturated rings. The predicted octanol–water partition coefficient (Wildman–Crippen LogP) is 4.01. The van der Waals surface area contributed by atoms with Crippen LogP contribution in [-0.4, -0.2) is 29.7 Å². The Morgan fingerprint density at radius 2 is 2.00 bits per heavy atom. The lowest BCUT2D eigenvalue weighted by Crippen LogP contribution is -2.34. The molecular weight excluding hydrogens is 352 g/mol. The van der Waals surface area contributed by atoms with Crippen molar-refractivity contribution in [2.24, 2.45) is 4.99 Å². The molecule has 2 aromatic carbocycles. The molecule has 21 heavy (non-hydrogen) atoms. The highest BCUT2D eigenvalue weighted by atomic mass is 79.9. The first-order chi connectivity index (χ1) is 10.1. The Hall–Kier alpha value is -1.65. The van der Waals surface area contributed by atoms with E-state index in [2.05, 4.69) is 20.9 Å². The third kappa shape index (κ3) is 3.01. The van der Waals surface area contributed by atoms with Gasteiger partial charge in [0.25, 0.3) is 5.91 Å². The summed E-state index contributed by atoms with van der Waals surface area (Å²) in [6.45, 7) is 1.20. The van der Waals surface area contributed by atoms with Crippen LogP contribution < -0.4 is 0 Å². The van der Waals surface area contributed by atoms with Crippen molar-refractivity contribution >= 4 is 39.3 Å². The van der Waals surface area contributed by atoms with Crippen molar-refractivity contribution in [1.29, 1.82) is 0 Å². The highest BCUT2D eigenvalue weighted by Gasteiger charge is 2.25. The first kappa shape index (κ1) is 14.3. The van der Waals surface area contributed by atoms with E-state index in [0.717, 1.165) is 10.0 Å². The normalized spacial score (nSPS) is 14.2. The number of aliphatic imine (C=N–C) groups is 1. The fourth-order valence-corrected chi connectivity index (χ4v) is 2.89. The highest BCUT2D eigenvalue weighted by molar-refractivity contribution is 9.10. The molecule has 3 nitrogen and oxygen atoms in total. The van der Waals surface area contributed by atoms with E-state index in [4.69, 9.17) is 11.6 Å². The maximum absolute atomic E-state index is 12.7. The molecule has 0 aromatic heterocycles. The molecule has 1 aliphatic heterocycles. The summed E-state index contributed by atoms with van der Waals surface area (Å²) in [6.07, 6.45) is 0. The molecule has 5 heteroatoms. The van der Waals surface area contributed by atoms with E-state index >= 15 is 0 Å². The largest absolute Gasteiger partial charge is 0.291 e. The zero-order valence-corrected chi connectivity index (χ0v) is 13.4. The maximum atomic E-state index is 12.7. The van der Waals surface area contributed by atoms with Crippen LogP contribution in [-0.2, 0) is 0 Å². The van der Waals surface area contributed by atoms with Gasteiger partial charge in [-0.3, -0.25) is 14.7 Å². The summed E-state index contributed by atoms with van der Waals surface area (Å²) in [5, 5.41) is 0.636. The van der Waals surface area contributed by atoms with E-state index in [9.17, 15) is 4.79 Å². The van der Waals surface area contributed by atoms with Gasteiger partial charge >= 0.3 is 0 Å². The molecule has 3 rings (SSSR count). The standard InChI is InChI=1S/C16H12BrClN2O/c17-13-5-1-4-12(9-13)16(21)20-8-7-19-15(20)11-3-2-6-14(18)10-11/h1-6,9-10H,7-8H2. The third-order valence-electron chi connectivity index (χ3n) is 3.24. The van der Waals surface area contributed by atoms with E-state index in [1.165, 1.54) is 0 Å². The summed E-state index contributed by atoms with van der Waals surface area (Å²) >= 11 is 9.41. The molecule has 106 valence electrons. The zero-order valence-electron chi connectivity index (χ0n) is 11.1. The molecule has 0 radical (unpaired) electrons. The van der Waals surface area contributed by atoms with Gasteiger partial charge in [0, 0.05) is 27.2 Å². The Kier molecular flexibility index (Phi) is 4.08. The van der Waals surface area contributed by atoms with Gasteiger partial charge in [0.15, 0.2) is 0 Å². The number of rotatable bonds is 2. The minimum atomic E-state index is -0.0486. The molecule has 0 unspecified atom stereocenters. The molecule has 0 aliphatic carbocycles. The average Bonchev–Trinajstić information content (AvgIpc) is 2.96. The van der Waals surface area contributed by atoms with Gasteiger partial charge in [0.05, 0.1) is 6.54 Å². The number of carbonyl (C=O) groups is 1. The summed E-state index contributed by atoms with van der Waals surface area (Å²) < 4.78 is 0.883. The van der Waals surface area contributed by atoms with E-state index < -0.39 is 0 Å². The van der Waals surface area contributed by atoms with Gasteiger partial charge in [0.2, 0.25) is 0 Å². The number of hydrogen-bond donors (Lipinski definition) is 0. The number of amidine groups is 1. The molecule has 0 atom stereocenters. The Morgan fingerprint density at radius 1 is 1.19 bits per heavy atom. The molecule has 1 aliphatic rings. The molecule has 0 saturated carbocycles. The summed E-state index contributed by atoms with van der Waals surface area (Å²) in [5.41, 5.74) is 1.50. The van der Waals surface area contributed by atoms with E-state index in [-0.39, 0.29) is 5.91 Å². The number of amides is 1. The van der Waals surface area contributed by atoms with Gasteiger partial charge in [-0.15, -0.1) is 0 Å². The quantitative estimate of drug-likeness (QED) is 0.793. The number of halogens is 2. The molecule has 0 saturated heterocycles. The molecule has 0 bridgehead atoms. The minimum Gasteiger partial charge on any atom is -0.291 e. The van der Waals surface area contributed by atoms with Crippen molar-refractivity contribution in [3.8, 4) is 0 Å². The second-order valence-corrected chi connectivity index (χ2v) is 6.03. The lowest BCUT2D eigenvalue weighted by Gasteiger charge is -2.19. The van der Waals surface area contributed by atoms with Crippen LogP contribution in [0, 0.1) is 0 Å². The van der Waals surface area contributed by atoms with Crippen LogP contribution in [0.4, 0.5) is 0 Å². The van der Waals surface area contributed by atoms with Gasteiger partial charge in [-0.25, -0.2) is 0 Å². The van der Waals surface area contributed by atoms with Crippen LogP contribution in [0.5, 0.6) is 0 Å². The zero-order chi connectivity index (χ0) is 14.8. The fraction of sp³-hybridized carbons (Fsp3) is 0.125. The van der Waals surface area contributed by atoms with Crippen LogP contribution in [0.15, 0.2) is 58.0 Å². The molecular formula is C16H12BrClN2O. The number of hydrogen-bond acceptors (Lipinski definition) is 2. The van der Waals surface area contributed by atoms with Crippen molar-refractivity contribution in [2.75, 3.05) is 13.1 Å². The van der Waals surface area contributed by atoms with Crippen LogP contribution in [0.25, 0.3) is 0 Å². The Labute approximate surface area is 136 Å². The summed E-state index contributed by atoms with van der Waals surface area (Å²) in [4.78, 5) is 18.8. The number of carbonyl (C=O) groups excluding carboxylic acids is 1. The van der Waals surface area contributed by atoms with E-state index in [0.29, 0.717) is 29.5 Å². The topological polar surface area (TPSA) is 32.7 Å². The van der Waals surface area contributed by atoms with Gasteiger partial charge in [-0.05, 0) is 30.3 Å².